The van der Waals surface area contributed by atoms with Gasteiger partial charge in [0.05, 0.1) is 11.4 Å². The van der Waals surface area contributed by atoms with Crippen LogP contribution in [0.15, 0.2) is 212 Å². The predicted molar refractivity (Wildman–Crippen MR) is 233 cm³/mol. The van der Waals surface area contributed by atoms with Crippen LogP contribution in [0.5, 0.6) is 0 Å². The Bertz CT molecular complexity index is 2890. The van der Waals surface area contributed by atoms with Crippen LogP contribution in [-0.2, 0) is 0 Å². The van der Waals surface area contributed by atoms with E-state index in [9.17, 15) is 0 Å². The van der Waals surface area contributed by atoms with Crippen LogP contribution in [0, 0.1) is 0 Å². The van der Waals surface area contributed by atoms with Crippen LogP contribution in [0.1, 0.15) is 0 Å². The SMILES string of the molecule is c1ccc(-c2ccc(-c3ccccc3N(c3ccc(-c4ccccc4)cc3)c3cc4c5cc(-c6ccccc6)ccc5sc4c4ccccc34)cc2)cc1. The Kier molecular flexibility index (Phi) is 8.09. The van der Waals surface area contributed by atoms with Crippen molar-refractivity contribution in [3.05, 3.63) is 212 Å². The molecule has 0 saturated carbocycles. The normalized spacial score (nSPS) is 11.3. The molecule has 254 valence electrons. The van der Waals surface area contributed by atoms with E-state index in [1.54, 1.807) is 0 Å². The third kappa shape index (κ3) is 5.74. The maximum Gasteiger partial charge on any atom is 0.0547 e. The molecule has 0 amide bonds. The number of thiophene rings is 1. The monoisotopic (exact) mass is 705 g/mol. The zero-order valence-electron chi connectivity index (χ0n) is 29.6. The lowest BCUT2D eigenvalue weighted by Gasteiger charge is -2.29. The van der Waals surface area contributed by atoms with Gasteiger partial charge in [0.1, 0.15) is 0 Å². The molecule has 0 aliphatic rings. The average molecular weight is 706 g/mol. The molecule has 0 N–H and O–H groups in total. The highest BCUT2D eigenvalue weighted by Gasteiger charge is 2.22. The number of nitrogens with zero attached hydrogens (tertiary/aromatic N) is 1. The Morgan fingerprint density at radius 3 is 1.43 bits per heavy atom. The van der Waals surface area contributed by atoms with Crippen molar-refractivity contribution in [3.63, 3.8) is 0 Å². The summed E-state index contributed by atoms with van der Waals surface area (Å²) >= 11 is 1.89. The summed E-state index contributed by atoms with van der Waals surface area (Å²) in [6.45, 7) is 0. The van der Waals surface area contributed by atoms with E-state index in [-0.39, 0.29) is 0 Å². The fourth-order valence-electron chi connectivity index (χ4n) is 7.80. The van der Waals surface area contributed by atoms with Crippen molar-refractivity contribution in [2.24, 2.45) is 0 Å². The first-order valence-electron chi connectivity index (χ1n) is 18.4. The Morgan fingerprint density at radius 2 is 0.778 bits per heavy atom. The third-order valence-electron chi connectivity index (χ3n) is 10.5. The largest absolute Gasteiger partial charge is 0.309 e. The van der Waals surface area contributed by atoms with Gasteiger partial charge in [0.2, 0.25) is 0 Å². The molecule has 9 aromatic carbocycles. The summed E-state index contributed by atoms with van der Waals surface area (Å²) in [5.74, 6) is 0. The van der Waals surface area contributed by atoms with Gasteiger partial charge in [0.25, 0.3) is 0 Å². The molecular formula is C52H35NS. The molecule has 0 aliphatic heterocycles. The summed E-state index contributed by atoms with van der Waals surface area (Å²) in [7, 11) is 0. The lowest BCUT2D eigenvalue weighted by Crippen LogP contribution is -2.12. The molecule has 0 aliphatic carbocycles. The van der Waals surface area contributed by atoms with Gasteiger partial charge in [-0.2, -0.15) is 0 Å². The number of para-hydroxylation sites is 1. The highest BCUT2D eigenvalue weighted by Crippen LogP contribution is 2.49. The summed E-state index contributed by atoms with van der Waals surface area (Å²) < 4.78 is 2.61. The molecule has 0 fully saturated rings. The van der Waals surface area contributed by atoms with Gasteiger partial charge in [-0.25, -0.2) is 0 Å². The molecule has 1 nitrogen and oxygen atoms in total. The molecule has 1 heterocycles. The molecule has 10 rings (SSSR count). The second kappa shape index (κ2) is 13.7. The molecule has 0 bridgehead atoms. The third-order valence-corrected chi connectivity index (χ3v) is 11.7. The minimum absolute atomic E-state index is 1.11. The van der Waals surface area contributed by atoms with Crippen molar-refractivity contribution in [3.8, 4) is 44.5 Å². The summed E-state index contributed by atoms with van der Waals surface area (Å²) in [5, 5.41) is 5.05. The van der Waals surface area contributed by atoms with E-state index in [0.29, 0.717) is 0 Å². The zero-order valence-corrected chi connectivity index (χ0v) is 30.4. The van der Waals surface area contributed by atoms with Crippen molar-refractivity contribution in [1.82, 2.24) is 0 Å². The summed E-state index contributed by atoms with van der Waals surface area (Å²) in [4.78, 5) is 2.47. The molecule has 0 radical (unpaired) electrons. The number of hydrogen-bond acceptors (Lipinski definition) is 2. The molecule has 0 unspecified atom stereocenters. The van der Waals surface area contributed by atoms with E-state index in [1.165, 1.54) is 75.5 Å². The minimum Gasteiger partial charge on any atom is -0.309 e. The second-order valence-electron chi connectivity index (χ2n) is 13.7. The van der Waals surface area contributed by atoms with E-state index < -0.39 is 0 Å². The number of benzene rings is 9. The topological polar surface area (TPSA) is 3.24 Å². The number of rotatable bonds is 7. The molecule has 1 aromatic heterocycles. The molecule has 0 saturated heterocycles. The van der Waals surface area contributed by atoms with Crippen molar-refractivity contribution in [2.45, 2.75) is 0 Å². The van der Waals surface area contributed by atoms with E-state index in [2.05, 4.69) is 217 Å². The van der Waals surface area contributed by atoms with Crippen molar-refractivity contribution in [1.29, 1.82) is 0 Å². The van der Waals surface area contributed by atoms with Crippen molar-refractivity contribution in [2.75, 3.05) is 4.90 Å². The summed E-state index contributed by atoms with van der Waals surface area (Å²) in [6, 6.07) is 77.1. The lowest BCUT2D eigenvalue weighted by atomic mass is 9.97. The summed E-state index contributed by atoms with van der Waals surface area (Å²) in [5.41, 5.74) is 13.0. The Morgan fingerprint density at radius 1 is 0.296 bits per heavy atom. The van der Waals surface area contributed by atoms with E-state index in [4.69, 9.17) is 0 Å². The van der Waals surface area contributed by atoms with Crippen molar-refractivity contribution >= 4 is 59.3 Å². The number of hydrogen-bond donors (Lipinski definition) is 0. The Labute approximate surface area is 319 Å². The van der Waals surface area contributed by atoms with Gasteiger partial charge in [0.15, 0.2) is 0 Å². The van der Waals surface area contributed by atoms with E-state index in [0.717, 1.165) is 17.1 Å². The highest BCUT2D eigenvalue weighted by molar-refractivity contribution is 7.26. The second-order valence-corrected chi connectivity index (χ2v) is 14.8. The van der Waals surface area contributed by atoms with Crippen LogP contribution < -0.4 is 4.90 Å². The number of fused-ring (bicyclic) bond motifs is 5. The maximum atomic E-state index is 2.47. The van der Waals surface area contributed by atoms with Crippen LogP contribution in [0.3, 0.4) is 0 Å². The van der Waals surface area contributed by atoms with Crippen LogP contribution >= 0.6 is 11.3 Å². The molecular weight excluding hydrogens is 671 g/mol. The van der Waals surface area contributed by atoms with Crippen LogP contribution in [0.2, 0.25) is 0 Å². The fraction of sp³-hybridized carbons (Fsp3) is 0. The van der Waals surface area contributed by atoms with Crippen molar-refractivity contribution < 1.29 is 0 Å². The van der Waals surface area contributed by atoms with Gasteiger partial charge in [-0.05, 0) is 75.3 Å². The van der Waals surface area contributed by atoms with Crippen LogP contribution in [0.4, 0.5) is 17.1 Å². The lowest BCUT2D eigenvalue weighted by molar-refractivity contribution is 1.30. The molecule has 0 atom stereocenters. The molecule has 10 aromatic rings. The first-order valence-corrected chi connectivity index (χ1v) is 19.2. The van der Waals surface area contributed by atoms with Crippen LogP contribution in [0.25, 0.3) is 75.5 Å². The van der Waals surface area contributed by atoms with Crippen LogP contribution in [-0.4, -0.2) is 0 Å². The summed E-state index contributed by atoms with van der Waals surface area (Å²) in [6.07, 6.45) is 0. The highest BCUT2D eigenvalue weighted by atomic mass is 32.1. The average Bonchev–Trinajstić information content (AvgIpc) is 3.63. The van der Waals surface area contributed by atoms with Gasteiger partial charge in [-0.1, -0.05) is 176 Å². The van der Waals surface area contributed by atoms with E-state index in [1.807, 2.05) is 11.3 Å². The molecule has 54 heavy (non-hydrogen) atoms. The first-order chi connectivity index (χ1) is 26.8. The van der Waals surface area contributed by atoms with E-state index >= 15 is 0 Å². The van der Waals surface area contributed by atoms with Gasteiger partial charge in [-0.3, -0.25) is 0 Å². The van der Waals surface area contributed by atoms with Gasteiger partial charge in [0, 0.05) is 42.2 Å². The fourth-order valence-corrected chi connectivity index (χ4v) is 9.00. The van der Waals surface area contributed by atoms with Gasteiger partial charge < -0.3 is 4.90 Å². The smallest absolute Gasteiger partial charge is 0.0547 e. The van der Waals surface area contributed by atoms with Gasteiger partial charge >= 0.3 is 0 Å². The number of anilines is 3. The predicted octanol–water partition coefficient (Wildman–Crippen LogP) is 15.3. The zero-order chi connectivity index (χ0) is 35.8. The molecule has 2 heteroatoms. The Hall–Kier alpha value is -6.74. The van der Waals surface area contributed by atoms with Gasteiger partial charge in [-0.15, -0.1) is 11.3 Å². The maximum absolute atomic E-state index is 2.47. The Balaban J connectivity index is 1.21. The molecule has 0 spiro atoms. The standard InChI is InChI=1S/C52H35NS/c1-4-14-36(15-5-1)39-24-26-41(27-25-39)44-20-12-13-23-49(44)53(43-31-28-40(29-32-43)37-16-6-2-7-17-37)50-35-48-47-34-42(38-18-8-3-9-19-38)30-33-51(47)54-52(48)46-22-11-10-21-45(46)50/h1-35H. The quantitative estimate of drug-likeness (QED) is 0.160. The first kappa shape index (κ1) is 32.0. The minimum atomic E-state index is 1.11.